The lowest BCUT2D eigenvalue weighted by molar-refractivity contribution is 0.0516. The molecule has 72 heavy (non-hydrogen) atoms. The minimum absolute atomic E-state index is 0.237. The van der Waals surface area contributed by atoms with E-state index in [4.69, 9.17) is 29.4 Å². The Kier molecular flexibility index (Phi) is 32.6. The number of carbonyl (C=O) groups is 2. The van der Waals surface area contributed by atoms with E-state index in [1.165, 1.54) is 217 Å². The highest BCUT2D eigenvalue weighted by Gasteiger charge is 2.19. The van der Waals surface area contributed by atoms with E-state index in [2.05, 4.69) is 38.1 Å². The van der Waals surface area contributed by atoms with Crippen molar-refractivity contribution in [3.63, 3.8) is 0 Å². The SMILES string of the molecule is CCCCCCCCCCCCCCCCCCCc1ccnc(-c2cc(C(=O)OCC)cc(-c3cc(C(=O)OCC)cc(-c4cc(CCCCCCCCCCCCCCCCCCC)ccn4)n3)n2)c1. The molecule has 0 aliphatic rings. The molecule has 4 rings (SSSR count). The van der Waals surface area contributed by atoms with Gasteiger partial charge < -0.3 is 9.47 Å². The maximum Gasteiger partial charge on any atom is 0.338 e. The van der Waals surface area contributed by atoms with Gasteiger partial charge in [0.05, 0.1) is 58.5 Å². The van der Waals surface area contributed by atoms with E-state index in [9.17, 15) is 9.59 Å². The number of aromatic nitrogens is 4. The number of hydrogen-bond acceptors (Lipinski definition) is 8. The Bertz CT molecular complexity index is 1910. The Morgan fingerprint density at radius 3 is 0.847 bits per heavy atom. The van der Waals surface area contributed by atoms with Gasteiger partial charge in [-0.1, -0.05) is 219 Å². The van der Waals surface area contributed by atoms with E-state index in [1.54, 1.807) is 38.1 Å². The molecule has 4 aromatic heterocycles. The summed E-state index contributed by atoms with van der Waals surface area (Å²) in [5, 5.41) is 0. The summed E-state index contributed by atoms with van der Waals surface area (Å²) in [4.78, 5) is 46.2. The fourth-order valence-electron chi connectivity index (χ4n) is 9.90. The molecule has 0 bridgehead atoms. The van der Waals surface area contributed by atoms with Gasteiger partial charge in [-0.15, -0.1) is 0 Å². The second kappa shape index (κ2) is 39.1. The highest BCUT2D eigenvalue weighted by atomic mass is 16.5. The Hall–Kier alpha value is -4.46. The van der Waals surface area contributed by atoms with Crippen molar-refractivity contribution in [1.82, 2.24) is 19.9 Å². The molecule has 4 aromatic rings. The average Bonchev–Trinajstić information content (AvgIpc) is 3.40. The Balaban J connectivity index is 1.30. The van der Waals surface area contributed by atoms with Crippen LogP contribution in [0.1, 0.15) is 278 Å². The number of ether oxygens (including phenoxy) is 2. The fraction of sp³-hybridized carbons (Fsp3) is 0.656. The Morgan fingerprint density at radius 2 is 0.583 bits per heavy atom. The highest BCUT2D eigenvalue weighted by molar-refractivity contribution is 5.94. The lowest BCUT2D eigenvalue weighted by Crippen LogP contribution is -2.08. The van der Waals surface area contributed by atoms with Crippen LogP contribution in [0.3, 0.4) is 0 Å². The molecule has 0 aromatic carbocycles. The van der Waals surface area contributed by atoms with E-state index in [0.29, 0.717) is 45.3 Å². The van der Waals surface area contributed by atoms with E-state index >= 15 is 0 Å². The summed E-state index contributed by atoms with van der Waals surface area (Å²) < 4.78 is 11.0. The number of pyridine rings is 4. The second-order valence-electron chi connectivity index (χ2n) is 20.6. The van der Waals surface area contributed by atoms with Gasteiger partial charge in [0.1, 0.15) is 0 Å². The first-order valence-corrected chi connectivity index (χ1v) is 29.7. The average molecular weight is 988 g/mol. The van der Waals surface area contributed by atoms with Crippen molar-refractivity contribution in [2.24, 2.45) is 0 Å². The molecular formula is C64H98N4O4. The predicted molar refractivity (Wildman–Crippen MR) is 302 cm³/mol. The van der Waals surface area contributed by atoms with Crippen LogP contribution in [0, 0.1) is 0 Å². The van der Waals surface area contributed by atoms with Crippen LogP contribution >= 0.6 is 0 Å². The number of aryl methyl sites for hydroxylation is 2. The number of rotatable bonds is 43. The fourth-order valence-corrected chi connectivity index (χ4v) is 9.90. The van der Waals surface area contributed by atoms with E-state index in [1.807, 2.05) is 12.4 Å². The smallest absolute Gasteiger partial charge is 0.338 e. The molecule has 0 aliphatic carbocycles. The van der Waals surface area contributed by atoms with Gasteiger partial charge in [0, 0.05) is 12.4 Å². The van der Waals surface area contributed by atoms with E-state index in [-0.39, 0.29) is 13.2 Å². The standard InChI is InChI=1S/C64H98N4O4/c1-5-9-11-13-15-17-19-21-23-25-27-29-31-33-35-37-39-41-53-43-45-65-57(47-53)59-49-55(63(69)71-7-3)51-61(67-59)62-52-56(64(70)72-8-4)50-60(68-62)58-48-54(44-46-66-58)42-40-38-36-34-32-30-28-26-24-22-20-18-16-14-12-10-6-2/h43-52H,5-42H2,1-4H3. The highest BCUT2D eigenvalue weighted by Crippen LogP contribution is 2.29. The maximum atomic E-state index is 13.3. The first-order valence-electron chi connectivity index (χ1n) is 29.7. The summed E-state index contributed by atoms with van der Waals surface area (Å²) in [5.74, 6) is -0.912. The van der Waals surface area contributed by atoms with Gasteiger partial charge >= 0.3 is 11.9 Å². The van der Waals surface area contributed by atoms with Crippen molar-refractivity contribution in [3.05, 3.63) is 83.2 Å². The lowest BCUT2D eigenvalue weighted by atomic mass is 10.0. The van der Waals surface area contributed by atoms with Crippen LogP contribution in [0.5, 0.6) is 0 Å². The van der Waals surface area contributed by atoms with Crippen molar-refractivity contribution in [3.8, 4) is 34.2 Å². The number of esters is 2. The molecule has 0 unspecified atom stereocenters. The maximum absolute atomic E-state index is 13.3. The number of nitrogens with zero attached hydrogens (tertiary/aromatic N) is 4. The summed E-state index contributed by atoms with van der Waals surface area (Å²) in [6.45, 7) is 8.64. The normalized spacial score (nSPS) is 11.3. The van der Waals surface area contributed by atoms with E-state index in [0.717, 1.165) is 25.7 Å². The second-order valence-corrected chi connectivity index (χ2v) is 20.6. The van der Waals surface area contributed by atoms with Gasteiger partial charge in [0.15, 0.2) is 0 Å². The molecule has 8 nitrogen and oxygen atoms in total. The quantitative estimate of drug-likeness (QED) is 0.0319. The number of carbonyl (C=O) groups excluding carboxylic acids is 2. The van der Waals surface area contributed by atoms with Crippen LogP contribution in [0.4, 0.5) is 0 Å². The third-order valence-corrected chi connectivity index (χ3v) is 14.2. The molecule has 398 valence electrons. The van der Waals surface area contributed by atoms with Gasteiger partial charge in [-0.2, -0.15) is 0 Å². The largest absolute Gasteiger partial charge is 0.462 e. The van der Waals surface area contributed by atoms with Gasteiger partial charge in [-0.05, 0) is 99.2 Å². The summed E-state index contributed by atoms with van der Waals surface area (Å²) in [6, 6.07) is 15.2. The van der Waals surface area contributed by atoms with Crippen molar-refractivity contribution in [1.29, 1.82) is 0 Å². The molecule has 0 spiro atoms. The topological polar surface area (TPSA) is 104 Å². The summed E-state index contributed by atoms with van der Waals surface area (Å²) in [7, 11) is 0. The molecule has 0 saturated heterocycles. The first kappa shape index (κ1) is 60.1. The molecule has 0 radical (unpaired) electrons. The van der Waals surface area contributed by atoms with Crippen molar-refractivity contribution >= 4 is 11.9 Å². The van der Waals surface area contributed by atoms with Gasteiger partial charge in [-0.3, -0.25) is 9.97 Å². The summed E-state index contributed by atoms with van der Waals surface area (Å²) in [5.41, 5.74) is 6.36. The molecule has 0 amide bonds. The predicted octanol–water partition coefficient (Wildman–Crippen LogP) is 19.0. The van der Waals surface area contributed by atoms with E-state index < -0.39 is 11.9 Å². The van der Waals surface area contributed by atoms with Crippen molar-refractivity contribution in [2.45, 2.75) is 259 Å². The van der Waals surface area contributed by atoms with Crippen molar-refractivity contribution in [2.75, 3.05) is 13.2 Å². The van der Waals surface area contributed by atoms with Gasteiger partial charge in [0.2, 0.25) is 0 Å². The van der Waals surface area contributed by atoms with Crippen molar-refractivity contribution < 1.29 is 19.1 Å². The third-order valence-electron chi connectivity index (χ3n) is 14.2. The zero-order chi connectivity index (χ0) is 51.1. The molecule has 0 aliphatic heterocycles. The Labute approximate surface area is 438 Å². The van der Waals surface area contributed by atoms with Crippen LogP contribution in [0.2, 0.25) is 0 Å². The molecule has 4 heterocycles. The van der Waals surface area contributed by atoms with Crippen LogP contribution in [-0.4, -0.2) is 45.1 Å². The van der Waals surface area contributed by atoms with Crippen LogP contribution in [0.25, 0.3) is 34.2 Å². The first-order chi connectivity index (χ1) is 35.4. The van der Waals surface area contributed by atoms with Crippen LogP contribution < -0.4 is 0 Å². The zero-order valence-electron chi connectivity index (χ0n) is 46.1. The monoisotopic (exact) mass is 987 g/mol. The minimum atomic E-state index is -0.456. The Morgan fingerprint density at radius 1 is 0.333 bits per heavy atom. The number of unbranched alkanes of at least 4 members (excludes halogenated alkanes) is 32. The number of hydrogen-bond donors (Lipinski definition) is 0. The minimum Gasteiger partial charge on any atom is -0.462 e. The molecule has 0 N–H and O–H groups in total. The molecule has 8 heteroatoms. The summed E-state index contributed by atoms with van der Waals surface area (Å²) in [6.07, 6.45) is 51.6. The summed E-state index contributed by atoms with van der Waals surface area (Å²) >= 11 is 0. The molecule has 0 atom stereocenters. The van der Waals surface area contributed by atoms with Crippen LogP contribution in [-0.2, 0) is 22.3 Å². The van der Waals surface area contributed by atoms with Crippen LogP contribution in [0.15, 0.2) is 60.9 Å². The molecule has 0 saturated carbocycles. The lowest BCUT2D eigenvalue weighted by Gasteiger charge is -2.12. The zero-order valence-corrected chi connectivity index (χ0v) is 46.1. The molecule has 0 fully saturated rings. The van der Waals surface area contributed by atoms with Gasteiger partial charge in [0.25, 0.3) is 0 Å². The molecular weight excluding hydrogens is 889 g/mol. The van der Waals surface area contributed by atoms with Gasteiger partial charge in [-0.25, -0.2) is 19.6 Å². The third kappa shape index (κ3) is 25.5.